The van der Waals surface area contributed by atoms with Crippen molar-refractivity contribution < 1.29 is 17.6 Å². The van der Waals surface area contributed by atoms with Crippen LogP contribution < -0.4 is 5.32 Å². The Morgan fingerprint density at radius 2 is 2.17 bits per heavy atom. The van der Waals surface area contributed by atoms with Crippen molar-refractivity contribution in [1.82, 2.24) is 9.21 Å². The standard InChI is InChI=1S/C15H22FN3O3S/c1-4-18(3)12-7-8-19(10-12)23(21,22)13-5-6-14(16)15(9-13)17-11(2)20/h5-6,9,12H,4,7-8,10H2,1-3H3,(H,17,20)/t12-/m1/s1. The molecule has 1 aromatic carbocycles. The number of sulfonamides is 1. The quantitative estimate of drug-likeness (QED) is 0.880. The Hall–Kier alpha value is -1.51. The van der Waals surface area contributed by atoms with Crippen molar-refractivity contribution >= 4 is 21.6 Å². The molecule has 1 aliphatic heterocycles. The van der Waals surface area contributed by atoms with Gasteiger partial charge in [0, 0.05) is 26.1 Å². The van der Waals surface area contributed by atoms with Crippen LogP contribution in [0.2, 0.25) is 0 Å². The van der Waals surface area contributed by atoms with Crippen LogP contribution in [0.5, 0.6) is 0 Å². The molecule has 0 radical (unpaired) electrons. The van der Waals surface area contributed by atoms with Gasteiger partial charge in [0.25, 0.3) is 0 Å². The summed E-state index contributed by atoms with van der Waals surface area (Å²) < 4.78 is 40.5. The van der Waals surface area contributed by atoms with Crippen molar-refractivity contribution in [3.63, 3.8) is 0 Å². The van der Waals surface area contributed by atoms with Crippen LogP contribution in [0.25, 0.3) is 0 Å². The number of amides is 1. The van der Waals surface area contributed by atoms with E-state index in [1.54, 1.807) is 0 Å². The van der Waals surface area contributed by atoms with E-state index in [9.17, 15) is 17.6 Å². The van der Waals surface area contributed by atoms with Gasteiger partial charge in [-0.1, -0.05) is 6.92 Å². The number of hydrogen-bond donors (Lipinski definition) is 1. The molecule has 1 aliphatic rings. The van der Waals surface area contributed by atoms with Gasteiger partial charge in [-0.3, -0.25) is 4.79 Å². The Morgan fingerprint density at radius 1 is 1.48 bits per heavy atom. The number of likely N-dealkylation sites (N-methyl/N-ethyl adjacent to an activating group) is 1. The fraction of sp³-hybridized carbons (Fsp3) is 0.533. The summed E-state index contributed by atoms with van der Waals surface area (Å²) in [5, 5.41) is 2.31. The zero-order valence-corrected chi connectivity index (χ0v) is 14.4. The Kier molecular flexibility index (Phi) is 5.38. The van der Waals surface area contributed by atoms with Crippen LogP contribution >= 0.6 is 0 Å². The second-order valence-corrected chi connectivity index (χ2v) is 7.64. The second kappa shape index (κ2) is 6.94. The number of halogens is 1. The summed E-state index contributed by atoms with van der Waals surface area (Å²) in [6.45, 7) is 4.97. The summed E-state index contributed by atoms with van der Waals surface area (Å²) in [6, 6.07) is 3.64. The molecule has 0 saturated carbocycles. The first-order chi connectivity index (χ1) is 10.8. The predicted octanol–water partition coefficient (Wildman–Crippen LogP) is 1.50. The Balaban J connectivity index is 2.25. The van der Waals surface area contributed by atoms with Gasteiger partial charge in [-0.2, -0.15) is 4.31 Å². The number of rotatable bonds is 5. The zero-order valence-electron chi connectivity index (χ0n) is 13.5. The summed E-state index contributed by atoms with van der Waals surface area (Å²) in [7, 11) is -1.73. The summed E-state index contributed by atoms with van der Waals surface area (Å²) in [4.78, 5) is 13.2. The average Bonchev–Trinajstić information content (AvgIpc) is 2.98. The number of nitrogens with zero attached hydrogens (tertiary/aromatic N) is 2. The molecule has 0 unspecified atom stereocenters. The molecule has 0 aromatic heterocycles. The Labute approximate surface area is 136 Å². The van der Waals surface area contributed by atoms with E-state index in [0.717, 1.165) is 19.0 Å². The predicted molar refractivity (Wildman–Crippen MR) is 86.2 cm³/mol. The van der Waals surface area contributed by atoms with Crippen LogP contribution in [0, 0.1) is 5.82 Å². The first-order valence-electron chi connectivity index (χ1n) is 7.53. The van der Waals surface area contributed by atoms with E-state index < -0.39 is 21.7 Å². The minimum absolute atomic E-state index is 0.0116. The van der Waals surface area contributed by atoms with Crippen LogP contribution in [0.3, 0.4) is 0 Å². The molecule has 1 heterocycles. The fourth-order valence-electron chi connectivity index (χ4n) is 2.65. The van der Waals surface area contributed by atoms with Gasteiger partial charge >= 0.3 is 0 Å². The molecular formula is C15H22FN3O3S. The largest absolute Gasteiger partial charge is 0.324 e. The van der Waals surface area contributed by atoms with Crippen molar-refractivity contribution in [2.24, 2.45) is 0 Å². The van der Waals surface area contributed by atoms with Crippen molar-refractivity contribution in [2.45, 2.75) is 31.2 Å². The highest BCUT2D eigenvalue weighted by molar-refractivity contribution is 7.89. The fourth-order valence-corrected chi connectivity index (χ4v) is 4.17. The maximum absolute atomic E-state index is 13.7. The molecule has 128 valence electrons. The third kappa shape index (κ3) is 3.88. The number of carbonyl (C=O) groups excluding carboxylic acids is 1. The number of benzene rings is 1. The molecular weight excluding hydrogens is 321 g/mol. The molecule has 1 amide bonds. The highest BCUT2D eigenvalue weighted by Gasteiger charge is 2.34. The normalized spacial score (nSPS) is 19.3. The van der Waals surface area contributed by atoms with Crippen molar-refractivity contribution in [3.05, 3.63) is 24.0 Å². The lowest BCUT2D eigenvalue weighted by molar-refractivity contribution is -0.114. The lowest BCUT2D eigenvalue weighted by Gasteiger charge is -2.23. The van der Waals surface area contributed by atoms with Gasteiger partial charge in [0.1, 0.15) is 5.82 Å². The smallest absolute Gasteiger partial charge is 0.243 e. The highest BCUT2D eigenvalue weighted by atomic mass is 32.2. The molecule has 1 fully saturated rings. The summed E-state index contributed by atoms with van der Waals surface area (Å²) in [6.07, 6.45) is 0.767. The number of carbonyl (C=O) groups is 1. The molecule has 1 aromatic rings. The van der Waals surface area contributed by atoms with E-state index >= 15 is 0 Å². The topological polar surface area (TPSA) is 69.7 Å². The molecule has 23 heavy (non-hydrogen) atoms. The summed E-state index contributed by atoms with van der Waals surface area (Å²) >= 11 is 0. The molecule has 1 N–H and O–H groups in total. The zero-order chi connectivity index (χ0) is 17.2. The summed E-state index contributed by atoms with van der Waals surface area (Å²) in [5.74, 6) is -1.12. The first-order valence-corrected chi connectivity index (χ1v) is 8.97. The first kappa shape index (κ1) is 17.8. The van der Waals surface area contributed by atoms with Crippen molar-refractivity contribution in [2.75, 3.05) is 32.0 Å². The van der Waals surface area contributed by atoms with Crippen molar-refractivity contribution in [3.8, 4) is 0 Å². The molecule has 0 bridgehead atoms. The van der Waals surface area contributed by atoms with Crippen LogP contribution in [0.15, 0.2) is 23.1 Å². The van der Waals surface area contributed by atoms with E-state index in [-0.39, 0.29) is 16.6 Å². The molecule has 1 saturated heterocycles. The molecule has 8 heteroatoms. The van der Waals surface area contributed by atoms with Gasteiger partial charge in [-0.05, 0) is 38.2 Å². The van der Waals surface area contributed by atoms with Gasteiger partial charge in [-0.25, -0.2) is 12.8 Å². The van der Waals surface area contributed by atoms with Gasteiger partial charge in [0.05, 0.1) is 10.6 Å². The Morgan fingerprint density at radius 3 is 2.78 bits per heavy atom. The van der Waals surface area contributed by atoms with E-state index in [1.165, 1.54) is 23.4 Å². The second-order valence-electron chi connectivity index (χ2n) is 5.70. The minimum Gasteiger partial charge on any atom is -0.324 e. The maximum atomic E-state index is 13.7. The molecule has 0 spiro atoms. The Bertz CT molecular complexity index is 693. The van der Waals surface area contributed by atoms with Gasteiger partial charge in [-0.15, -0.1) is 0 Å². The van der Waals surface area contributed by atoms with Gasteiger partial charge < -0.3 is 10.2 Å². The lowest BCUT2D eigenvalue weighted by Crippen LogP contribution is -2.36. The summed E-state index contributed by atoms with van der Waals surface area (Å²) in [5.41, 5.74) is -0.125. The maximum Gasteiger partial charge on any atom is 0.243 e. The van der Waals surface area contributed by atoms with Crippen LogP contribution in [0.1, 0.15) is 20.3 Å². The van der Waals surface area contributed by atoms with E-state index in [0.29, 0.717) is 13.1 Å². The molecule has 2 rings (SSSR count). The van der Waals surface area contributed by atoms with Crippen LogP contribution in [-0.4, -0.2) is 56.3 Å². The molecule has 0 aliphatic carbocycles. The number of nitrogens with one attached hydrogen (secondary N) is 1. The van der Waals surface area contributed by atoms with E-state index in [4.69, 9.17) is 0 Å². The van der Waals surface area contributed by atoms with Crippen LogP contribution in [-0.2, 0) is 14.8 Å². The number of anilines is 1. The average molecular weight is 343 g/mol. The van der Waals surface area contributed by atoms with Crippen LogP contribution in [0.4, 0.5) is 10.1 Å². The highest BCUT2D eigenvalue weighted by Crippen LogP contribution is 2.26. The SMILES string of the molecule is CCN(C)[C@@H]1CCN(S(=O)(=O)c2ccc(F)c(NC(C)=O)c2)C1. The van der Waals surface area contributed by atoms with E-state index in [1.807, 2.05) is 14.0 Å². The number of hydrogen-bond acceptors (Lipinski definition) is 4. The van der Waals surface area contributed by atoms with Gasteiger partial charge in [0.15, 0.2) is 0 Å². The van der Waals surface area contributed by atoms with Crippen molar-refractivity contribution in [1.29, 1.82) is 0 Å². The molecule has 1 atom stereocenters. The minimum atomic E-state index is -3.70. The monoisotopic (exact) mass is 343 g/mol. The lowest BCUT2D eigenvalue weighted by atomic mass is 10.2. The van der Waals surface area contributed by atoms with Gasteiger partial charge in [0.2, 0.25) is 15.9 Å². The van der Waals surface area contributed by atoms with E-state index in [2.05, 4.69) is 10.2 Å². The third-order valence-electron chi connectivity index (χ3n) is 4.13. The molecule has 6 nitrogen and oxygen atoms in total. The third-order valence-corrected chi connectivity index (χ3v) is 6.00.